The van der Waals surface area contributed by atoms with Gasteiger partial charge < -0.3 is 10.0 Å². The molecule has 4 rings (SSSR count). The number of aromatic nitrogens is 2. The van der Waals surface area contributed by atoms with Crippen LogP contribution in [0.3, 0.4) is 0 Å². The predicted octanol–water partition coefficient (Wildman–Crippen LogP) is 4.36. The monoisotopic (exact) mass is 565 g/mol. The minimum absolute atomic E-state index is 0.0138. The van der Waals surface area contributed by atoms with Crippen molar-refractivity contribution in [3.63, 3.8) is 0 Å². The topological polar surface area (TPSA) is 102 Å². The van der Waals surface area contributed by atoms with Gasteiger partial charge in [0.15, 0.2) is 0 Å². The summed E-state index contributed by atoms with van der Waals surface area (Å²) in [5, 5.41) is 9.11. The molecule has 39 heavy (non-hydrogen) atoms. The molecular formula is C27H30F3N3O5S. The molecule has 0 spiro atoms. The Kier molecular flexibility index (Phi) is 8.34. The molecule has 12 heteroatoms. The van der Waals surface area contributed by atoms with Gasteiger partial charge in [0, 0.05) is 32.6 Å². The normalized spacial score (nSPS) is 14.7. The molecule has 0 aliphatic carbocycles. The fourth-order valence-corrected chi connectivity index (χ4v) is 6.37. The number of carbonyl (C=O) groups is 2. The molecule has 0 unspecified atom stereocenters. The van der Waals surface area contributed by atoms with Crippen LogP contribution in [-0.2, 0) is 24.3 Å². The van der Waals surface area contributed by atoms with Gasteiger partial charge in [0.1, 0.15) is 4.83 Å². The summed E-state index contributed by atoms with van der Waals surface area (Å²) < 4.78 is 41.4. The predicted molar refractivity (Wildman–Crippen MR) is 142 cm³/mol. The number of thiophene rings is 1. The van der Waals surface area contributed by atoms with E-state index in [9.17, 15) is 32.3 Å². The number of rotatable bonds is 8. The number of carboxylic acids is 1. The highest BCUT2D eigenvalue weighted by atomic mass is 32.1. The average molecular weight is 566 g/mol. The molecule has 1 saturated heterocycles. The summed E-state index contributed by atoms with van der Waals surface area (Å²) in [6, 6.07) is 7.46. The van der Waals surface area contributed by atoms with Crippen LogP contribution < -0.4 is 11.2 Å². The molecule has 210 valence electrons. The number of carboxylic acid groups (broad SMARTS) is 1. The third kappa shape index (κ3) is 6.26. The van der Waals surface area contributed by atoms with Crippen molar-refractivity contribution in [1.29, 1.82) is 0 Å². The van der Waals surface area contributed by atoms with Gasteiger partial charge in [-0.1, -0.05) is 24.3 Å². The third-order valence-corrected chi connectivity index (χ3v) is 8.64. The van der Waals surface area contributed by atoms with Crippen molar-refractivity contribution < 1.29 is 27.9 Å². The van der Waals surface area contributed by atoms with E-state index in [-0.39, 0.29) is 39.9 Å². The lowest BCUT2D eigenvalue weighted by atomic mass is 9.93. The molecule has 0 saturated carbocycles. The molecule has 1 N–H and O–H groups in total. The molecule has 3 heterocycles. The van der Waals surface area contributed by atoms with E-state index >= 15 is 0 Å². The molecule has 2 aromatic heterocycles. The number of piperidine rings is 1. The number of hydrogen-bond acceptors (Lipinski definition) is 5. The number of hydrogen-bond donors (Lipinski definition) is 1. The summed E-state index contributed by atoms with van der Waals surface area (Å²) in [4.78, 5) is 53.2. The van der Waals surface area contributed by atoms with Crippen molar-refractivity contribution in [3.8, 4) is 0 Å². The zero-order chi connectivity index (χ0) is 28.5. The van der Waals surface area contributed by atoms with E-state index in [0.717, 1.165) is 31.6 Å². The van der Waals surface area contributed by atoms with Crippen molar-refractivity contribution in [1.82, 2.24) is 14.0 Å². The first-order valence-corrected chi connectivity index (χ1v) is 13.6. The molecule has 1 aromatic carbocycles. The van der Waals surface area contributed by atoms with Gasteiger partial charge in [0.2, 0.25) is 0 Å². The van der Waals surface area contributed by atoms with E-state index in [1.807, 2.05) is 31.2 Å². The second-order valence-electron chi connectivity index (χ2n) is 10.0. The average Bonchev–Trinajstić information content (AvgIpc) is 3.20. The lowest BCUT2D eigenvalue weighted by Gasteiger charge is -2.31. The highest BCUT2D eigenvalue weighted by Gasteiger charge is 2.31. The van der Waals surface area contributed by atoms with Crippen LogP contribution >= 0.6 is 11.3 Å². The SMILES string of the molecule is Cc1ccccc1CCn1c(=O)c2c(C)c(C(=O)N3CCC(CC(=O)O)CC3)sc2n(CCC(F)(F)F)c1=O. The molecule has 0 bridgehead atoms. The molecule has 8 nitrogen and oxygen atoms in total. The third-order valence-electron chi connectivity index (χ3n) is 7.34. The van der Waals surface area contributed by atoms with Gasteiger partial charge in [-0.05, 0) is 55.7 Å². The van der Waals surface area contributed by atoms with E-state index in [1.165, 1.54) is 0 Å². The Hall–Kier alpha value is -3.41. The number of amides is 1. The van der Waals surface area contributed by atoms with Crippen LogP contribution in [0.4, 0.5) is 13.2 Å². The first-order chi connectivity index (χ1) is 18.4. The van der Waals surface area contributed by atoms with Crippen LogP contribution in [-0.4, -0.2) is 50.3 Å². The van der Waals surface area contributed by atoms with Crippen molar-refractivity contribution >= 4 is 33.4 Å². The highest BCUT2D eigenvalue weighted by molar-refractivity contribution is 7.20. The Morgan fingerprint density at radius 1 is 1.05 bits per heavy atom. The second-order valence-corrected chi connectivity index (χ2v) is 11.0. The molecule has 1 aliphatic heterocycles. The van der Waals surface area contributed by atoms with Crippen molar-refractivity contribution in [2.45, 2.75) is 65.2 Å². The Morgan fingerprint density at radius 2 is 1.72 bits per heavy atom. The fraction of sp³-hybridized carbons (Fsp3) is 0.481. The number of alkyl halides is 3. The molecular weight excluding hydrogens is 535 g/mol. The lowest BCUT2D eigenvalue weighted by Crippen LogP contribution is -2.40. The Labute approximate surface area is 226 Å². The largest absolute Gasteiger partial charge is 0.481 e. The first-order valence-electron chi connectivity index (χ1n) is 12.8. The maximum atomic E-state index is 13.5. The van der Waals surface area contributed by atoms with E-state index in [4.69, 9.17) is 5.11 Å². The van der Waals surface area contributed by atoms with E-state index < -0.39 is 36.4 Å². The summed E-state index contributed by atoms with van der Waals surface area (Å²) in [5.74, 6) is -1.30. The summed E-state index contributed by atoms with van der Waals surface area (Å²) in [6.07, 6.45) is -4.37. The van der Waals surface area contributed by atoms with E-state index in [1.54, 1.807) is 11.8 Å². The van der Waals surface area contributed by atoms with Gasteiger partial charge in [-0.3, -0.25) is 23.5 Å². The number of carbonyl (C=O) groups excluding carboxylic acids is 1. The minimum Gasteiger partial charge on any atom is -0.481 e. The number of nitrogens with zero attached hydrogens (tertiary/aromatic N) is 3. The zero-order valence-electron chi connectivity index (χ0n) is 21.7. The van der Waals surface area contributed by atoms with Crippen LogP contribution in [0.15, 0.2) is 33.9 Å². The molecule has 3 aromatic rings. The number of likely N-dealkylation sites (tertiary alicyclic amines) is 1. The molecule has 1 aliphatic rings. The van der Waals surface area contributed by atoms with Gasteiger partial charge in [-0.2, -0.15) is 13.2 Å². The molecule has 0 radical (unpaired) electrons. The highest BCUT2D eigenvalue weighted by Crippen LogP contribution is 2.31. The van der Waals surface area contributed by atoms with Crippen LogP contribution in [0.25, 0.3) is 10.2 Å². The van der Waals surface area contributed by atoms with Gasteiger partial charge in [0.25, 0.3) is 11.5 Å². The van der Waals surface area contributed by atoms with Crippen molar-refractivity contribution in [2.24, 2.45) is 5.92 Å². The number of fused-ring (bicyclic) bond motifs is 1. The van der Waals surface area contributed by atoms with Gasteiger partial charge >= 0.3 is 17.8 Å². The van der Waals surface area contributed by atoms with Crippen LogP contribution in [0.2, 0.25) is 0 Å². The van der Waals surface area contributed by atoms with E-state index in [2.05, 4.69) is 0 Å². The van der Waals surface area contributed by atoms with Crippen LogP contribution in [0.5, 0.6) is 0 Å². The van der Waals surface area contributed by atoms with Crippen molar-refractivity contribution in [3.05, 3.63) is 66.7 Å². The maximum Gasteiger partial charge on any atom is 0.390 e. The summed E-state index contributed by atoms with van der Waals surface area (Å²) in [7, 11) is 0. The zero-order valence-corrected chi connectivity index (χ0v) is 22.5. The van der Waals surface area contributed by atoms with E-state index in [0.29, 0.717) is 37.9 Å². The summed E-state index contributed by atoms with van der Waals surface area (Å²) >= 11 is 0.865. The first kappa shape index (κ1) is 28.6. The molecule has 1 fully saturated rings. The molecule has 1 amide bonds. The van der Waals surface area contributed by atoms with Crippen LogP contribution in [0, 0.1) is 19.8 Å². The lowest BCUT2D eigenvalue weighted by molar-refractivity contribution is -0.138. The second kappa shape index (κ2) is 11.4. The number of halogens is 3. The fourth-order valence-electron chi connectivity index (χ4n) is 5.09. The number of aliphatic carboxylic acids is 1. The van der Waals surface area contributed by atoms with Crippen LogP contribution in [0.1, 0.15) is 52.0 Å². The molecule has 0 atom stereocenters. The minimum atomic E-state index is -4.51. The van der Waals surface area contributed by atoms with Crippen molar-refractivity contribution in [2.75, 3.05) is 13.1 Å². The Bertz CT molecular complexity index is 1510. The summed E-state index contributed by atoms with van der Waals surface area (Å²) in [6.45, 7) is 3.47. The quantitative estimate of drug-likeness (QED) is 0.437. The Morgan fingerprint density at radius 3 is 2.33 bits per heavy atom. The smallest absolute Gasteiger partial charge is 0.390 e. The standard InChI is InChI=1S/C27H30F3N3O5S/c1-16-5-3-4-6-19(16)9-13-32-23(36)21-17(2)22(24(37)31-11-7-18(8-12-31)15-20(34)35)39-25(21)33(26(32)38)14-10-27(28,29)30/h3-6,18H,7-15H2,1-2H3,(H,34,35). The number of benzene rings is 1. The maximum absolute atomic E-state index is 13.5. The van der Waals surface area contributed by atoms with Gasteiger partial charge in [-0.15, -0.1) is 11.3 Å². The van der Waals surface area contributed by atoms with Gasteiger partial charge in [0.05, 0.1) is 16.7 Å². The summed E-state index contributed by atoms with van der Waals surface area (Å²) in [5.41, 5.74) is 0.758. The Balaban J connectivity index is 1.73. The van der Waals surface area contributed by atoms with Gasteiger partial charge in [-0.25, -0.2) is 4.79 Å². The number of aryl methyl sites for hydroxylation is 4.